The van der Waals surface area contributed by atoms with Gasteiger partial charge in [0.2, 0.25) is 0 Å². The first-order valence-electron chi connectivity index (χ1n) is 5.97. The second-order valence-electron chi connectivity index (χ2n) is 4.01. The van der Waals surface area contributed by atoms with E-state index in [9.17, 15) is 18.0 Å². The number of hydrogen-bond donors (Lipinski definition) is 1. The molecule has 0 bridgehead atoms. The molecule has 1 aromatic carbocycles. The van der Waals surface area contributed by atoms with Gasteiger partial charge in [-0.15, -0.1) is 0 Å². The van der Waals surface area contributed by atoms with E-state index in [2.05, 4.69) is 20.1 Å². The molecule has 1 aromatic rings. The van der Waals surface area contributed by atoms with Crippen molar-refractivity contribution in [3.63, 3.8) is 0 Å². The Bertz CT molecular complexity index is 562. The minimum absolute atomic E-state index is 0.178. The predicted molar refractivity (Wildman–Crippen MR) is 67.7 cm³/mol. The van der Waals surface area contributed by atoms with Gasteiger partial charge < -0.3 is 10.1 Å². The average molecular weight is 302 g/mol. The predicted octanol–water partition coefficient (Wildman–Crippen LogP) is 2.61. The van der Waals surface area contributed by atoms with Gasteiger partial charge in [-0.3, -0.25) is 0 Å². The number of nitrogens with zero attached hydrogens (tertiary/aromatic N) is 3. The summed E-state index contributed by atoms with van der Waals surface area (Å²) in [6, 6.07) is -0.314. The van der Waals surface area contributed by atoms with Gasteiger partial charge in [-0.2, -0.15) is 0 Å². The summed E-state index contributed by atoms with van der Waals surface area (Å²) in [5.41, 5.74) is 7.75. The summed E-state index contributed by atoms with van der Waals surface area (Å²) in [6.07, 6.45) is 0.378. The van der Waals surface area contributed by atoms with Crippen LogP contribution in [-0.4, -0.2) is 26.2 Å². The number of esters is 1. The van der Waals surface area contributed by atoms with Crippen LogP contribution in [0.15, 0.2) is 17.2 Å². The van der Waals surface area contributed by atoms with Gasteiger partial charge in [0.25, 0.3) is 0 Å². The van der Waals surface area contributed by atoms with Gasteiger partial charge in [0.15, 0.2) is 11.6 Å². The molecule has 0 fully saturated rings. The van der Waals surface area contributed by atoms with Crippen LogP contribution in [0.4, 0.5) is 13.2 Å². The number of halogens is 3. The lowest BCUT2D eigenvalue weighted by molar-refractivity contribution is -0.143. The van der Waals surface area contributed by atoms with Crippen LogP contribution in [0.5, 0.6) is 0 Å². The summed E-state index contributed by atoms with van der Waals surface area (Å²) >= 11 is 0. The highest BCUT2D eigenvalue weighted by atomic mass is 19.2. The van der Waals surface area contributed by atoms with Crippen LogP contribution in [0, 0.1) is 17.5 Å². The third-order valence-corrected chi connectivity index (χ3v) is 2.63. The third-order valence-electron chi connectivity index (χ3n) is 2.63. The van der Waals surface area contributed by atoms with E-state index in [0.717, 1.165) is 7.11 Å². The molecule has 0 aliphatic rings. The average Bonchev–Trinajstić information content (AvgIpc) is 2.46. The van der Waals surface area contributed by atoms with E-state index in [-0.39, 0.29) is 18.7 Å². The number of rotatable bonds is 7. The molecule has 0 saturated carbocycles. The van der Waals surface area contributed by atoms with Gasteiger partial charge >= 0.3 is 5.97 Å². The topological polar surface area (TPSA) is 87.1 Å². The van der Waals surface area contributed by atoms with Crippen molar-refractivity contribution in [2.24, 2.45) is 5.11 Å². The Morgan fingerprint density at radius 3 is 2.67 bits per heavy atom. The zero-order chi connectivity index (χ0) is 15.8. The fraction of sp³-hybridized carbons (Fsp3) is 0.417. The number of nitrogens with one attached hydrogen (secondary N) is 1. The van der Waals surface area contributed by atoms with Gasteiger partial charge in [0.1, 0.15) is 11.9 Å². The fourth-order valence-corrected chi connectivity index (χ4v) is 1.64. The minimum Gasteiger partial charge on any atom is -0.468 e. The lowest BCUT2D eigenvalue weighted by Crippen LogP contribution is -2.31. The van der Waals surface area contributed by atoms with Crippen LogP contribution in [0.3, 0.4) is 0 Å². The lowest BCUT2D eigenvalue weighted by Gasteiger charge is -2.17. The van der Waals surface area contributed by atoms with Crippen molar-refractivity contribution in [1.82, 2.24) is 5.32 Å². The van der Waals surface area contributed by atoms with E-state index in [1.807, 2.05) is 0 Å². The maximum Gasteiger partial charge on any atom is 0.327 e. The maximum atomic E-state index is 13.7. The quantitative estimate of drug-likeness (QED) is 0.210. The molecule has 0 aromatic heterocycles. The standard InChI is InChI=1S/C12H13F3N4O2/c1-21-12(20)11(17-3-2-4-18-19-16)7-5-9(14)10(15)6-8(7)13/h5-6,11,17H,2-4H2,1H3. The van der Waals surface area contributed by atoms with E-state index in [1.165, 1.54) is 0 Å². The number of methoxy groups -OCH3 is 1. The minimum atomic E-state index is -1.34. The van der Waals surface area contributed by atoms with E-state index >= 15 is 0 Å². The summed E-state index contributed by atoms with van der Waals surface area (Å²) in [5.74, 6) is -4.52. The number of azide groups is 1. The van der Waals surface area contributed by atoms with Crippen molar-refractivity contribution in [1.29, 1.82) is 0 Å². The molecule has 0 aliphatic heterocycles. The SMILES string of the molecule is COC(=O)C(NCCCN=[N+]=[N-])c1cc(F)c(F)cc1F. The van der Waals surface area contributed by atoms with Crippen molar-refractivity contribution in [3.05, 3.63) is 45.6 Å². The van der Waals surface area contributed by atoms with Gasteiger partial charge in [0.05, 0.1) is 7.11 Å². The fourth-order valence-electron chi connectivity index (χ4n) is 1.64. The smallest absolute Gasteiger partial charge is 0.327 e. The van der Waals surface area contributed by atoms with Crippen molar-refractivity contribution in [2.75, 3.05) is 20.2 Å². The first-order valence-corrected chi connectivity index (χ1v) is 5.97. The molecule has 1 atom stereocenters. The van der Waals surface area contributed by atoms with Crippen molar-refractivity contribution >= 4 is 5.97 Å². The van der Waals surface area contributed by atoms with Gasteiger partial charge in [-0.25, -0.2) is 18.0 Å². The summed E-state index contributed by atoms with van der Waals surface area (Å²) in [5, 5.41) is 5.94. The van der Waals surface area contributed by atoms with E-state index < -0.39 is 29.5 Å². The molecule has 0 spiro atoms. The molecule has 0 amide bonds. The summed E-state index contributed by atoms with van der Waals surface area (Å²) in [7, 11) is 1.09. The Morgan fingerprint density at radius 2 is 2.05 bits per heavy atom. The summed E-state index contributed by atoms with van der Waals surface area (Å²) in [4.78, 5) is 14.2. The van der Waals surface area contributed by atoms with Crippen LogP contribution in [0.2, 0.25) is 0 Å². The summed E-state index contributed by atoms with van der Waals surface area (Å²) < 4.78 is 44.3. The molecular weight excluding hydrogens is 289 g/mol. The zero-order valence-corrected chi connectivity index (χ0v) is 11.1. The molecule has 21 heavy (non-hydrogen) atoms. The molecule has 0 heterocycles. The Labute approximate surface area is 118 Å². The highest BCUT2D eigenvalue weighted by Crippen LogP contribution is 2.21. The highest BCUT2D eigenvalue weighted by molar-refractivity contribution is 5.77. The van der Waals surface area contributed by atoms with E-state index in [0.29, 0.717) is 18.6 Å². The van der Waals surface area contributed by atoms with E-state index in [1.54, 1.807) is 0 Å². The third kappa shape index (κ3) is 4.66. The molecule has 114 valence electrons. The second-order valence-corrected chi connectivity index (χ2v) is 4.01. The number of benzene rings is 1. The molecule has 0 saturated heterocycles. The van der Waals surface area contributed by atoms with Gasteiger partial charge in [-0.05, 0) is 24.6 Å². The van der Waals surface area contributed by atoms with Crippen LogP contribution >= 0.6 is 0 Å². The van der Waals surface area contributed by atoms with Crippen molar-refractivity contribution in [2.45, 2.75) is 12.5 Å². The zero-order valence-electron chi connectivity index (χ0n) is 11.1. The molecule has 1 rings (SSSR count). The maximum absolute atomic E-state index is 13.7. The Balaban J connectivity index is 2.90. The highest BCUT2D eigenvalue weighted by Gasteiger charge is 2.25. The number of carbonyl (C=O) groups excluding carboxylic acids is 1. The first kappa shape index (κ1) is 16.8. The Hall–Kier alpha value is -2.25. The molecule has 1 unspecified atom stereocenters. The molecular formula is C12H13F3N4O2. The molecule has 0 radical (unpaired) electrons. The molecule has 1 N–H and O–H groups in total. The normalized spacial score (nSPS) is 11.6. The largest absolute Gasteiger partial charge is 0.468 e. The second kappa shape index (κ2) is 8.13. The number of ether oxygens (including phenoxy) is 1. The molecule has 0 aliphatic carbocycles. The van der Waals surface area contributed by atoms with Gasteiger partial charge in [0, 0.05) is 23.1 Å². The van der Waals surface area contributed by atoms with Crippen LogP contribution in [0.1, 0.15) is 18.0 Å². The number of hydrogen-bond acceptors (Lipinski definition) is 4. The first-order chi connectivity index (χ1) is 10.0. The summed E-state index contributed by atoms with van der Waals surface area (Å²) in [6.45, 7) is 0.370. The molecule has 9 heteroatoms. The van der Waals surface area contributed by atoms with E-state index in [4.69, 9.17) is 5.53 Å². The van der Waals surface area contributed by atoms with Crippen LogP contribution < -0.4 is 5.32 Å². The lowest BCUT2D eigenvalue weighted by atomic mass is 10.1. The van der Waals surface area contributed by atoms with Crippen molar-refractivity contribution in [3.8, 4) is 0 Å². The Kier molecular flexibility index (Phi) is 6.51. The van der Waals surface area contributed by atoms with Gasteiger partial charge in [-0.1, -0.05) is 5.11 Å². The molecule has 6 nitrogen and oxygen atoms in total. The van der Waals surface area contributed by atoms with Crippen molar-refractivity contribution < 1.29 is 22.7 Å². The number of carbonyl (C=O) groups is 1. The Morgan fingerprint density at radius 1 is 1.38 bits per heavy atom. The van der Waals surface area contributed by atoms with Crippen LogP contribution in [-0.2, 0) is 9.53 Å². The van der Waals surface area contributed by atoms with Crippen LogP contribution in [0.25, 0.3) is 10.4 Å². The monoisotopic (exact) mass is 302 g/mol.